The van der Waals surface area contributed by atoms with Crippen molar-refractivity contribution in [2.24, 2.45) is 14.1 Å². The molecular formula is C23H27N7O4S. The van der Waals surface area contributed by atoms with Crippen LogP contribution in [-0.4, -0.2) is 73.9 Å². The fourth-order valence-electron chi connectivity index (χ4n) is 4.28. The second kappa shape index (κ2) is 9.36. The number of carbonyl (C=O) groups excluding carboxylic acids is 1. The van der Waals surface area contributed by atoms with E-state index >= 15 is 0 Å². The van der Waals surface area contributed by atoms with Crippen LogP contribution in [0.5, 0.6) is 0 Å². The van der Waals surface area contributed by atoms with E-state index in [-0.39, 0.29) is 23.6 Å². The number of hydrogen-bond acceptors (Lipinski definition) is 8. The van der Waals surface area contributed by atoms with E-state index in [0.717, 1.165) is 33.4 Å². The number of fused-ring (bicyclic) bond motifs is 2. The molecule has 1 amide bonds. The van der Waals surface area contributed by atoms with E-state index in [0.29, 0.717) is 31.4 Å². The zero-order valence-electron chi connectivity index (χ0n) is 19.9. The third-order valence-electron chi connectivity index (χ3n) is 6.33. The topological polar surface area (TPSA) is 107 Å². The van der Waals surface area contributed by atoms with Gasteiger partial charge in [0.15, 0.2) is 16.3 Å². The van der Waals surface area contributed by atoms with Crippen molar-refractivity contribution in [3.05, 3.63) is 50.9 Å². The SMILES string of the molecule is Cc1ccc2nc(N(CCN3CCOCC3)C(=O)Cn3cnc4c3c(=O)n(C)c(=O)n4C)sc2c1. The molecule has 1 fully saturated rings. The first-order valence-electron chi connectivity index (χ1n) is 11.4. The van der Waals surface area contributed by atoms with Crippen molar-refractivity contribution in [1.29, 1.82) is 0 Å². The first-order chi connectivity index (χ1) is 16.8. The summed E-state index contributed by atoms with van der Waals surface area (Å²) in [4.78, 5) is 51.6. The Hall–Kier alpha value is -3.35. The summed E-state index contributed by atoms with van der Waals surface area (Å²) in [5.41, 5.74) is 1.50. The van der Waals surface area contributed by atoms with Crippen LogP contribution in [0.3, 0.4) is 0 Å². The molecule has 3 aromatic heterocycles. The molecule has 0 bridgehead atoms. The molecule has 0 N–H and O–H groups in total. The molecule has 5 rings (SSSR count). The largest absolute Gasteiger partial charge is 0.379 e. The van der Waals surface area contributed by atoms with E-state index in [9.17, 15) is 14.4 Å². The molecule has 11 nitrogen and oxygen atoms in total. The molecule has 0 saturated carbocycles. The molecule has 1 saturated heterocycles. The predicted octanol–water partition coefficient (Wildman–Crippen LogP) is 0.717. The van der Waals surface area contributed by atoms with E-state index in [2.05, 4.69) is 16.0 Å². The maximum atomic E-state index is 13.6. The Morgan fingerprint density at radius 3 is 2.71 bits per heavy atom. The number of amides is 1. The van der Waals surface area contributed by atoms with Crippen LogP contribution >= 0.6 is 11.3 Å². The smallest absolute Gasteiger partial charge is 0.332 e. The molecule has 4 heterocycles. The standard InChI is InChI=1S/C23H27N7O4S/c1-15-4-5-16-17(12-15)35-22(25-16)30(7-6-28-8-10-34-11-9-28)18(31)13-29-14-24-20-19(29)21(32)27(3)23(33)26(20)2/h4-5,12,14H,6-11,13H2,1-3H3. The quantitative estimate of drug-likeness (QED) is 0.386. The van der Waals surface area contributed by atoms with E-state index < -0.39 is 11.2 Å². The highest BCUT2D eigenvalue weighted by molar-refractivity contribution is 7.22. The second-order valence-electron chi connectivity index (χ2n) is 8.72. The van der Waals surface area contributed by atoms with Gasteiger partial charge in [-0.15, -0.1) is 0 Å². The number of aryl methyl sites for hydroxylation is 2. The molecule has 1 aliphatic heterocycles. The van der Waals surface area contributed by atoms with Crippen molar-refractivity contribution in [1.82, 2.24) is 28.6 Å². The average molecular weight is 498 g/mol. The van der Waals surface area contributed by atoms with Crippen LogP contribution < -0.4 is 16.1 Å². The van der Waals surface area contributed by atoms with Crippen molar-refractivity contribution >= 4 is 43.8 Å². The molecule has 0 unspecified atom stereocenters. The van der Waals surface area contributed by atoms with E-state index in [1.807, 2.05) is 19.1 Å². The predicted molar refractivity (Wildman–Crippen MR) is 134 cm³/mol. The molecule has 0 spiro atoms. The number of ether oxygens (including phenoxy) is 1. The van der Waals surface area contributed by atoms with Gasteiger partial charge in [0.1, 0.15) is 6.54 Å². The van der Waals surface area contributed by atoms with E-state index in [1.54, 1.807) is 11.9 Å². The maximum absolute atomic E-state index is 13.6. The highest BCUT2D eigenvalue weighted by Crippen LogP contribution is 2.30. The molecule has 1 aliphatic rings. The summed E-state index contributed by atoms with van der Waals surface area (Å²) in [6.07, 6.45) is 1.44. The molecule has 0 atom stereocenters. The lowest BCUT2D eigenvalue weighted by Gasteiger charge is -2.29. The van der Waals surface area contributed by atoms with Crippen LogP contribution in [0.1, 0.15) is 5.56 Å². The molecule has 35 heavy (non-hydrogen) atoms. The molecule has 0 aliphatic carbocycles. The summed E-state index contributed by atoms with van der Waals surface area (Å²) in [6.45, 7) is 6.06. The number of morpholine rings is 1. The van der Waals surface area contributed by atoms with Gasteiger partial charge in [-0.05, 0) is 24.6 Å². The van der Waals surface area contributed by atoms with Crippen molar-refractivity contribution in [3.63, 3.8) is 0 Å². The molecule has 4 aromatic rings. The third kappa shape index (κ3) is 4.40. The molecule has 184 valence electrons. The number of anilines is 1. The number of thiazole rings is 1. The van der Waals surface area contributed by atoms with Crippen molar-refractivity contribution in [3.8, 4) is 0 Å². The van der Waals surface area contributed by atoms with Crippen LogP contribution in [0.4, 0.5) is 5.13 Å². The lowest BCUT2D eigenvalue weighted by atomic mass is 10.2. The number of rotatable bonds is 6. The van der Waals surface area contributed by atoms with Crippen LogP contribution in [0.25, 0.3) is 21.4 Å². The van der Waals surface area contributed by atoms with Crippen LogP contribution in [0.2, 0.25) is 0 Å². The Morgan fingerprint density at radius 2 is 1.94 bits per heavy atom. The van der Waals surface area contributed by atoms with Gasteiger partial charge in [-0.2, -0.15) is 0 Å². The summed E-state index contributed by atoms with van der Waals surface area (Å²) >= 11 is 1.48. The lowest BCUT2D eigenvalue weighted by Crippen LogP contribution is -2.44. The van der Waals surface area contributed by atoms with Gasteiger partial charge in [0, 0.05) is 40.3 Å². The first kappa shape index (κ1) is 23.4. The number of hydrogen-bond donors (Lipinski definition) is 0. The van der Waals surface area contributed by atoms with Gasteiger partial charge in [0.2, 0.25) is 5.91 Å². The minimum Gasteiger partial charge on any atom is -0.379 e. The number of carbonyl (C=O) groups is 1. The number of imidazole rings is 1. The number of nitrogens with zero attached hydrogens (tertiary/aromatic N) is 7. The second-order valence-corrected chi connectivity index (χ2v) is 9.73. The van der Waals surface area contributed by atoms with Crippen LogP contribution in [0, 0.1) is 6.92 Å². The molecule has 0 radical (unpaired) electrons. The summed E-state index contributed by atoms with van der Waals surface area (Å²) in [6, 6.07) is 6.03. The van der Waals surface area contributed by atoms with Gasteiger partial charge >= 0.3 is 5.69 Å². The first-order valence-corrected chi connectivity index (χ1v) is 12.2. The van der Waals surface area contributed by atoms with Crippen molar-refractivity contribution in [2.45, 2.75) is 13.5 Å². The highest BCUT2D eigenvalue weighted by Gasteiger charge is 2.24. The summed E-state index contributed by atoms with van der Waals surface area (Å²) in [5.74, 6) is -0.204. The normalized spacial score (nSPS) is 14.7. The highest BCUT2D eigenvalue weighted by atomic mass is 32.1. The van der Waals surface area contributed by atoms with E-state index in [4.69, 9.17) is 9.72 Å². The Morgan fingerprint density at radius 1 is 1.17 bits per heavy atom. The van der Waals surface area contributed by atoms with Gasteiger partial charge in [0.05, 0.1) is 29.8 Å². The Labute approximate surface area is 204 Å². The average Bonchev–Trinajstić information content (AvgIpc) is 3.46. The van der Waals surface area contributed by atoms with Gasteiger partial charge in [0.25, 0.3) is 5.56 Å². The van der Waals surface area contributed by atoms with Crippen molar-refractivity contribution in [2.75, 3.05) is 44.3 Å². The number of aromatic nitrogens is 5. The van der Waals surface area contributed by atoms with Crippen molar-refractivity contribution < 1.29 is 9.53 Å². The maximum Gasteiger partial charge on any atom is 0.332 e. The van der Waals surface area contributed by atoms with Gasteiger partial charge in [-0.25, -0.2) is 14.8 Å². The Bertz CT molecular complexity index is 1530. The molecular weight excluding hydrogens is 470 g/mol. The number of benzene rings is 1. The summed E-state index contributed by atoms with van der Waals surface area (Å²) in [5, 5.41) is 0.619. The zero-order valence-corrected chi connectivity index (χ0v) is 20.7. The van der Waals surface area contributed by atoms with Gasteiger partial charge in [-0.3, -0.25) is 28.5 Å². The van der Waals surface area contributed by atoms with Gasteiger partial charge in [-0.1, -0.05) is 17.4 Å². The monoisotopic (exact) mass is 497 g/mol. The van der Waals surface area contributed by atoms with Gasteiger partial charge < -0.3 is 9.30 Å². The minimum absolute atomic E-state index is 0.0952. The fourth-order valence-corrected chi connectivity index (χ4v) is 5.38. The summed E-state index contributed by atoms with van der Waals surface area (Å²) in [7, 11) is 2.97. The fraction of sp³-hybridized carbons (Fsp3) is 0.435. The Kier molecular flexibility index (Phi) is 6.26. The minimum atomic E-state index is -0.483. The molecule has 1 aromatic carbocycles. The third-order valence-corrected chi connectivity index (χ3v) is 7.37. The van der Waals surface area contributed by atoms with Crippen LogP contribution in [-0.2, 0) is 30.2 Å². The molecule has 12 heteroatoms. The Balaban J connectivity index is 1.48. The summed E-state index contributed by atoms with van der Waals surface area (Å²) < 4.78 is 10.3. The van der Waals surface area contributed by atoms with E-state index in [1.165, 1.54) is 33.8 Å². The zero-order chi connectivity index (χ0) is 24.7. The van der Waals surface area contributed by atoms with Crippen LogP contribution in [0.15, 0.2) is 34.1 Å². The lowest BCUT2D eigenvalue weighted by molar-refractivity contribution is -0.119.